The maximum atomic E-state index is 13.5. The van der Waals surface area contributed by atoms with Crippen LogP contribution in [0.25, 0.3) is 0 Å². The van der Waals surface area contributed by atoms with Crippen LogP contribution in [0.1, 0.15) is 51.8 Å². The van der Waals surface area contributed by atoms with E-state index in [0.29, 0.717) is 0 Å². The maximum Gasteiger partial charge on any atom is 0.338 e. The van der Waals surface area contributed by atoms with Crippen molar-refractivity contribution < 1.29 is 42.5 Å². The summed E-state index contributed by atoms with van der Waals surface area (Å²) in [5.74, 6) is -2.05. The predicted molar refractivity (Wildman–Crippen MR) is 166 cm³/mol. The number of methoxy groups -OCH3 is 1. The van der Waals surface area contributed by atoms with Crippen LogP contribution in [0.15, 0.2) is 91.0 Å². The highest BCUT2D eigenvalue weighted by Crippen LogP contribution is 2.38. The number of carbonyl (C=O) groups is 3. The second-order valence-corrected chi connectivity index (χ2v) is 16.9. The summed E-state index contributed by atoms with van der Waals surface area (Å²) in [4.78, 5) is 40.2. The lowest BCUT2D eigenvalue weighted by Crippen LogP contribution is -2.63. The Morgan fingerprint density at radius 1 is 0.659 bits per heavy atom. The second-order valence-electron chi connectivity index (χ2n) is 12.1. The van der Waals surface area contributed by atoms with E-state index in [1.807, 2.05) is 0 Å². The zero-order chi connectivity index (χ0) is 31.9. The van der Waals surface area contributed by atoms with Gasteiger partial charge in [-0.2, -0.15) is 0 Å². The molecule has 0 aromatic heterocycles. The van der Waals surface area contributed by atoms with Crippen LogP contribution < -0.4 is 0 Å². The zero-order valence-electron chi connectivity index (χ0n) is 25.9. The molecule has 0 amide bonds. The summed E-state index contributed by atoms with van der Waals surface area (Å²) >= 11 is 0. The molecular weight excluding hydrogens is 580 g/mol. The molecular formula is C34H40O9Si. The first-order chi connectivity index (χ1) is 20.9. The quantitative estimate of drug-likeness (QED) is 0.152. The predicted octanol–water partition coefficient (Wildman–Crippen LogP) is 6.06. The first kappa shape index (κ1) is 33.1. The molecule has 1 aliphatic heterocycles. The molecule has 1 aliphatic rings. The summed E-state index contributed by atoms with van der Waals surface area (Å²) in [7, 11) is -0.908. The number of ether oxygens (including phenoxy) is 5. The van der Waals surface area contributed by atoms with Gasteiger partial charge in [-0.25, -0.2) is 14.4 Å². The monoisotopic (exact) mass is 620 g/mol. The van der Waals surface area contributed by atoms with Gasteiger partial charge in [0.1, 0.15) is 6.10 Å². The van der Waals surface area contributed by atoms with E-state index in [0.717, 1.165) is 0 Å². The number of rotatable bonds is 10. The van der Waals surface area contributed by atoms with Crippen molar-refractivity contribution in [2.24, 2.45) is 0 Å². The molecule has 0 radical (unpaired) electrons. The van der Waals surface area contributed by atoms with Crippen molar-refractivity contribution in [1.29, 1.82) is 0 Å². The van der Waals surface area contributed by atoms with Gasteiger partial charge < -0.3 is 28.1 Å². The summed E-state index contributed by atoms with van der Waals surface area (Å²) in [6.07, 6.45) is -5.93. The van der Waals surface area contributed by atoms with Gasteiger partial charge in [0.25, 0.3) is 0 Å². The van der Waals surface area contributed by atoms with Crippen LogP contribution in [0.4, 0.5) is 0 Å². The molecule has 10 heteroatoms. The highest BCUT2D eigenvalue weighted by atomic mass is 28.4. The molecule has 4 rings (SSSR count). The third kappa shape index (κ3) is 8.00. The molecule has 234 valence electrons. The van der Waals surface area contributed by atoms with E-state index in [1.54, 1.807) is 91.0 Å². The van der Waals surface area contributed by atoms with Crippen LogP contribution >= 0.6 is 0 Å². The Labute approximate surface area is 259 Å². The van der Waals surface area contributed by atoms with Crippen molar-refractivity contribution in [2.75, 3.05) is 13.7 Å². The van der Waals surface area contributed by atoms with Gasteiger partial charge in [0.05, 0.1) is 23.3 Å². The minimum absolute atomic E-state index is 0.0157. The van der Waals surface area contributed by atoms with E-state index >= 15 is 0 Å². The molecule has 0 bridgehead atoms. The fourth-order valence-corrected chi connectivity index (χ4v) is 5.42. The van der Waals surface area contributed by atoms with Crippen LogP contribution in [-0.4, -0.2) is 70.6 Å². The highest BCUT2D eigenvalue weighted by Gasteiger charge is 2.53. The molecule has 1 heterocycles. The minimum Gasteiger partial charge on any atom is -0.452 e. The fraction of sp³-hybridized carbons (Fsp3) is 0.382. The average Bonchev–Trinajstić information content (AvgIpc) is 3.02. The Kier molecular flexibility index (Phi) is 10.7. The lowest BCUT2D eigenvalue weighted by atomic mass is 9.97. The smallest absolute Gasteiger partial charge is 0.338 e. The molecule has 0 saturated carbocycles. The number of hydrogen-bond acceptors (Lipinski definition) is 9. The van der Waals surface area contributed by atoms with Crippen molar-refractivity contribution in [3.63, 3.8) is 0 Å². The van der Waals surface area contributed by atoms with Crippen LogP contribution in [-0.2, 0) is 28.1 Å². The van der Waals surface area contributed by atoms with Crippen LogP contribution in [0.3, 0.4) is 0 Å². The van der Waals surface area contributed by atoms with Gasteiger partial charge in [0.2, 0.25) is 0 Å². The van der Waals surface area contributed by atoms with Gasteiger partial charge in [-0.1, -0.05) is 75.4 Å². The maximum absolute atomic E-state index is 13.5. The molecule has 5 atom stereocenters. The van der Waals surface area contributed by atoms with Crippen molar-refractivity contribution in [2.45, 2.75) is 69.6 Å². The third-order valence-corrected chi connectivity index (χ3v) is 12.5. The van der Waals surface area contributed by atoms with E-state index in [2.05, 4.69) is 33.9 Å². The number of carbonyl (C=O) groups excluding carboxylic acids is 3. The SMILES string of the molecule is CO[C@H]1O[C@H](CO[Si](C)(C)C(C)(C)C)[C@@H](OC(=O)c2ccccc2)[C@H](OC(=O)c2ccccc2)[C@H]1OC(=O)c1ccccc1. The molecule has 0 N–H and O–H groups in total. The first-order valence-corrected chi connectivity index (χ1v) is 17.4. The van der Waals surface area contributed by atoms with Crippen molar-refractivity contribution in [3.05, 3.63) is 108 Å². The molecule has 0 unspecified atom stereocenters. The Morgan fingerprint density at radius 3 is 1.43 bits per heavy atom. The van der Waals surface area contributed by atoms with E-state index in [4.69, 9.17) is 28.1 Å². The largest absolute Gasteiger partial charge is 0.452 e. The topological polar surface area (TPSA) is 107 Å². The van der Waals surface area contributed by atoms with Crippen molar-refractivity contribution in [1.82, 2.24) is 0 Å². The Hall–Kier alpha value is -3.83. The number of hydrogen-bond donors (Lipinski definition) is 0. The van der Waals surface area contributed by atoms with E-state index < -0.39 is 56.9 Å². The molecule has 9 nitrogen and oxygen atoms in total. The van der Waals surface area contributed by atoms with Crippen LogP contribution in [0.5, 0.6) is 0 Å². The second kappa shape index (κ2) is 14.3. The lowest BCUT2D eigenvalue weighted by molar-refractivity contribution is -0.291. The lowest BCUT2D eigenvalue weighted by Gasteiger charge is -2.45. The summed E-state index contributed by atoms with van der Waals surface area (Å²) in [5, 5.41) is -0.120. The highest BCUT2D eigenvalue weighted by molar-refractivity contribution is 6.74. The van der Waals surface area contributed by atoms with Crippen LogP contribution in [0, 0.1) is 0 Å². The Balaban J connectivity index is 1.74. The zero-order valence-corrected chi connectivity index (χ0v) is 26.9. The van der Waals surface area contributed by atoms with Gasteiger partial charge in [-0.05, 0) is 54.5 Å². The molecule has 0 spiro atoms. The summed E-state index contributed by atoms with van der Waals surface area (Å²) in [6, 6.07) is 25.2. The van der Waals surface area contributed by atoms with Gasteiger partial charge in [-0.15, -0.1) is 0 Å². The molecule has 1 fully saturated rings. The molecule has 0 aliphatic carbocycles. The van der Waals surface area contributed by atoms with E-state index in [1.165, 1.54) is 7.11 Å². The average molecular weight is 621 g/mol. The number of esters is 3. The summed E-state index contributed by atoms with van der Waals surface area (Å²) in [6.45, 7) is 10.5. The fourth-order valence-electron chi connectivity index (χ4n) is 4.41. The van der Waals surface area contributed by atoms with Crippen molar-refractivity contribution in [3.8, 4) is 0 Å². The van der Waals surface area contributed by atoms with Gasteiger partial charge in [-0.3, -0.25) is 0 Å². The van der Waals surface area contributed by atoms with Crippen molar-refractivity contribution >= 4 is 26.2 Å². The normalized spacial score (nSPS) is 22.1. The molecule has 44 heavy (non-hydrogen) atoms. The van der Waals surface area contributed by atoms with E-state index in [9.17, 15) is 14.4 Å². The molecule has 1 saturated heterocycles. The van der Waals surface area contributed by atoms with Gasteiger partial charge >= 0.3 is 17.9 Å². The van der Waals surface area contributed by atoms with E-state index in [-0.39, 0.29) is 28.3 Å². The van der Waals surface area contributed by atoms with Gasteiger partial charge in [0, 0.05) is 7.11 Å². The molecule has 3 aromatic carbocycles. The molecule has 3 aromatic rings. The summed E-state index contributed by atoms with van der Waals surface area (Å²) < 4.78 is 36.4. The standard InChI is InChI=1S/C34H40O9Si/c1-34(2,3)44(5,6)39-22-26-27(41-30(35)23-16-10-7-11-17-23)28(42-31(36)24-18-12-8-13-19-24)29(33(38-4)40-26)43-32(37)25-20-14-9-15-21-25/h7-21,26-29,33H,22H2,1-6H3/t26-,27-,28+,29-,33+/m1/s1. The minimum atomic E-state index is -2.30. The first-order valence-electron chi connectivity index (χ1n) is 14.5. The Bertz CT molecular complexity index is 1390. The summed E-state index contributed by atoms with van der Waals surface area (Å²) in [5.41, 5.74) is 0.830. The van der Waals surface area contributed by atoms with Crippen LogP contribution in [0.2, 0.25) is 18.1 Å². The Morgan fingerprint density at radius 2 is 1.05 bits per heavy atom. The van der Waals surface area contributed by atoms with Gasteiger partial charge in [0.15, 0.2) is 32.9 Å². The third-order valence-electron chi connectivity index (χ3n) is 8.00. The number of benzene rings is 3.